The molecule has 0 N–H and O–H groups in total. The minimum absolute atomic E-state index is 0.138. The molecular formula is C23H24N6O5S. The van der Waals surface area contributed by atoms with Crippen molar-refractivity contribution in [1.29, 1.82) is 0 Å². The summed E-state index contributed by atoms with van der Waals surface area (Å²) in [6.45, 7) is 0.661. The average Bonchev–Trinajstić information content (AvgIpc) is 3.29. The van der Waals surface area contributed by atoms with Gasteiger partial charge < -0.3 is 9.47 Å². The Morgan fingerprint density at radius 2 is 1.63 bits per heavy atom. The Bertz CT molecular complexity index is 1690. The molecule has 0 spiro atoms. The zero-order valence-electron chi connectivity index (χ0n) is 19.3. The third-order valence-corrected chi connectivity index (χ3v) is 8.37. The number of benzene rings is 2. The Balaban J connectivity index is 1.31. The molecule has 182 valence electrons. The fourth-order valence-electron chi connectivity index (χ4n) is 4.42. The number of sulfonamides is 1. The molecule has 35 heavy (non-hydrogen) atoms. The number of hydrogen-bond donors (Lipinski definition) is 0. The maximum absolute atomic E-state index is 13.2. The molecule has 11 nitrogen and oxygen atoms in total. The number of imidazole rings is 1. The summed E-state index contributed by atoms with van der Waals surface area (Å²) >= 11 is 0. The van der Waals surface area contributed by atoms with Crippen molar-refractivity contribution in [1.82, 2.24) is 27.9 Å². The van der Waals surface area contributed by atoms with Crippen molar-refractivity contribution >= 4 is 37.9 Å². The monoisotopic (exact) mass is 496 g/mol. The van der Waals surface area contributed by atoms with Crippen LogP contribution in [-0.4, -0.2) is 68.4 Å². The fraction of sp³-hybridized carbons (Fsp3) is 0.304. The van der Waals surface area contributed by atoms with E-state index in [0.717, 1.165) is 15.3 Å². The first-order valence-corrected chi connectivity index (χ1v) is 12.5. The van der Waals surface area contributed by atoms with Gasteiger partial charge in [-0.25, -0.2) is 18.2 Å². The Hall–Kier alpha value is -3.77. The third kappa shape index (κ3) is 3.84. The normalized spacial score (nSPS) is 15.2. The molecule has 0 unspecified atom stereocenters. The van der Waals surface area contributed by atoms with Crippen LogP contribution in [0.3, 0.4) is 0 Å². The van der Waals surface area contributed by atoms with Crippen molar-refractivity contribution in [2.45, 2.75) is 11.4 Å². The van der Waals surface area contributed by atoms with Gasteiger partial charge >= 0.3 is 5.69 Å². The van der Waals surface area contributed by atoms with Gasteiger partial charge in [0.05, 0.1) is 11.2 Å². The maximum atomic E-state index is 13.2. The van der Waals surface area contributed by atoms with Crippen LogP contribution in [0.5, 0.6) is 0 Å². The zero-order valence-corrected chi connectivity index (χ0v) is 20.1. The van der Waals surface area contributed by atoms with Crippen LogP contribution in [0, 0.1) is 0 Å². The van der Waals surface area contributed by atoms with E-state index in [1.807, 2.05) is 24.3 Å². The van der Waals surface area contributed by atoms with Crippen molar-refractivity contribution in [2.75, 3.05) is 26.2 Å². The molecule has 0 atom stereocenters. The van der Waals surface area contributed by atoms with Gasteiger partial charge in [0.15, 0.2) is 11.2 Å². The van der Waals surface area contributed by atoms with Crippen LogP contribution >= 0.6 is 0 Å². The smallest absolute Gasteiger partial charge is 0.332 e. The highest BCUT2D eigenvalue weighted by Gasteiger charge is 2.30. The zero-order chi connectivity index (χ0) is 24.9. The number of carbonyl (C=O) groups is 1. The SMILES string of the molecule is Cn1c(=O)c2c(ncn2CC(=O)N2CCN(S(=O)(=O)c3ccc4ccccc4c3)CC2)n(C)c1=O. The first kappa shape index (κ1) is 23.0. The molecule has 4 aromatic rings. The topological polar surface area (TPSA) is 120 Å². The van der Waals surface area contributed by atoms with E-state index >= 15 is 0 Å². The van der Waals surface area contributed by atoms with Gasteiger partial charge in [-0.15, -0.1) is 0 Å². The molecule has 3 heterocycles. The summed E-state index contributed by atoms with van der Waals surface area (Å²) in [5, 5.41) is 1.81. The molecule has 1 aliphatic rings. The second kappa shape index (κ2) is 8.47. The number of aryl methyl sites for hydroxylation is 1. The summed E-state index contributed by atoms with van der Waals surface area (Å²) in [7, 11) is -0.811. The van der Waals surface area contributed by atoms with Gasteiger partial charge in [-0.3, -0.25) is 18.7 Å². The largest absolute Gasteiger partial charge is 0.339 e. The second-order valence-electron chi connectivity index (χ2n) is 8.54. The van der Waals surface area contributed by atoms with Crippen molar-refractivity contribution in [2.24, 2.45) is 14.1 Å². The number of fused-ring (bicyclic) bond motifs is 2. The summed E-state index contributed by atoms with van der Waals surface area (Å²) in [4.78, 5) is 43.6. The van der Waals surface area contributed by atoms with Crippen molar-refractivity contribution < 1.29 is 13.2 Å². The third-order valence-electron chi connectivity index (χ3n) is 6.47. The van der Waals surface area contributed by atoms with Crippen molar-refractivity contribution in [3.05, 3.63) is 69.6 Å². The number of rotatable bonds is 4. The molecule has 1 amide bonds. The van der Waals surface area contributed by atoms with E-state index in [-0.39, 0.29) is 54.7 Å². The van der Waals surface area contributed by atoms with E-state index < -0.39 is 21.3 Å². The molecule has 12 heteroatoms. The quantitative estimate of drug-likeness (QED) is 0.396. The molecule has 0 aliphatic carbocycles. The van der Waals surface area contributed by atoms with Gasteiger partial charge in [0.1, 0.15) is 6.54 Å². The molecular weight excluding hydrogens is 472 g/mol. The Morgan fingerprint density at radius 3 is 2.34 bits per heavy atom. The lowest BCUT2D eigenvalue weighted by atomic mass is 10.1. The highest BCUT2D eigenvalue weighted by atomic mass is 32.2. The van der Waals surface area contributed by atoms with Crippen molar-refractivity contribution in [3.63, 3.8) is 0 Å². The molecule has 0 saturated carbocycles. The molecule has 5 rings (SSSR count). The highest BCUT2D eigenvalue weighted by Crippen LogP contribution is 2.23. The van der Waals surface area contributed by atoms with Gasteiger partial charge in [0.2, 0.25) is 15.9 Å². The van der Waals surface area contributed by atoms with Gasteiger partial charge in [-0.05, 0) is 22.9 Å². The van der Waals surface area contributed by atoms with E-state index in [2.05, 4.69) is 4.98 Å². The summed E-state index contributed by atoms with van der Waals surface area (Å²) in [6.07, 6.45) is 1.36. The van der Waals surface area contributed by atoms with Crippen LogP contribution in [0.2, 0.25) is 0 Å². The molecule has 1 fully saturated rings. The van der Waals surface area contributed by atoms with E-state index in [1.165, 1.54) is 33.9 Å². The lowest BCUT2D eigenvalue weighted by Gasteiger charge is -2.34. The number of carbonyl (C=O) groups excluding carboxylic acids is 1. The minimum Gasteiger partial charge on any atom is -0.339 e. The first-order chi connectivity index (χ1) is 16.7. The van der Waals surface area contributed by atoms with E-state index in [0.29, 0.717) is 0 Å². The molecule has 1 aliphatic heterocycles. The number of amides is 1. The van der Waals surface area contributed by atoms with E-state index in [9.17, 15) is 22.8 Å². The lowest BCUT2D eigenvalue weighted by molar-refractivity contribution is -0.132. The molecule has 2 aromatic heterocycles. The fourth-order valence-corrected chi connectivity index (χ4v) is 5.88. The highest BCUT2D eigenvalue weighted by molar-refractivity contribution is 7.89. The van der Waals surface area contributed by atoms with Crippen molar-refractivity contribution in [3.8, 4) is 0 Å². The second-order valence-corrected chi connectivity index (χ2v) is 10.5. The van der Waals surface area contributed by atoms with E-state index in [1.54, 1.807) is 23.1 Å². The lowest BCUT2D eigenvalue weighted by Crippen LogP contribution is -2.51. The van der Waals surface area contributed by atoms with Gasteiger partial charge in [-0.1, -0.05) is 30.3 Å². The molecule has 0 radical (unpaired) electrons. The molecule has 1 saturated heterocycles. The molecule has 2 aromatic carbocycles. The predicted octanol–water partition coefficient (Wildman–Crippen LogP) is 0.120. The van der Waals surface area contributed by atoms with Gasteiger partial charge in [-0.2, -0.15) is 4.31 Å². The van der Waals surface area contributed by atoms with E-state index in [4.69, 9.17) is 0 Å². The van der Waals surface area contributed by atoms with Crippen LogP contribution in [0.4, 0.5) is 0 Å². The predicted molar refractivity (Wildman–Crippen MR) is 130 cm³/mol. The number of aromatic nitrogens is 4. The van der Waals surface area contributed by atoms with Crippen LogP contribution in [0.1, 0.15) is 0 Å². The Kier molecular flexibility index (Phi) is 5.56. The summed E-state index contributed by atoms with van der Waals surface area (Å²) in [6, 6.07) is 12.6. The van der Waals surface area contributed by atoms with Crippen LogP contribution in [0.15, 0.2) is 63.3 Å². The van der Waals surface area contributed by atoms with Gasteiger partial charge in [0, 0.05) is 40.3 Å². The summed E-state index contributed by atoms with van der Waals surface area (Å²) < 4.78 is 31.4. The summed E-state index contributed by atoms with van der Waals surface area (Å²) in [5.41, 5.74) is -0.653. The van der Waals surface area contributed by atoms with Crippen LogP contribution in [0.25, 0.3) is 21.9 Å². The average molecular weight is 497 g/mol. The first-order valence-electron chi connectivity index (χ1n) is 11.1. The maximum Gasteiger partial charge on any atom is 0.332 e. The summed E-state index contributed by atoms with van der Waals surface area (Å²) in [5.74, 6) is -0.261. The Morgan fingerprint density at radius 1 is 0.943 bits per heavy atom. The minimum atomic E-state index is -3.70. The van der Waals surface area contributed by atoms with Gasteiger partial charge in [0.25, 0.3) is 5.56 Å². The number of piperazine rings is 1. The number of hydrogen-bond acceptors (Lipinski definition) is 6. The standard InChI is InChI=1S/C23H24N6O5S/c1-25-21-20(22(31)26(2)23(25)32)28(15-24-21)14-19(30)27-9-11-29(12-10-27)35(33,34)18-8-7-16-5-3-4-6-17(16)13-18/h3-8,13,15H,9-12,14H2,1-2H3. The Labute approximate surface area is 200 Å². The van der Waals surface area contributed by atoms with Crippen LogP contribution < -0.4 is 11.2 Å². The van der Waals surface area contributed by atoms with Crippen LogP contribution in [-0.2, 0) is 35.5 Å². The molecule has 0 bridgehead atoms. The number of nitrogens with zero attached hydrogens (tertiary/aromatic N) is 6.